The zero-order valence-electron chi connectivity index (χ0n) is 22.9. The maximum atomic E-state index is 13.2. The Balaban J connectivity index is 2.13. The first-order valence-electron chi connectivity index (χ1n) is 13.0. The van der Waals surface area contributed by atoms with Gasteiger partial charge in [-0.25, -0.2) is 4.79 Å². The summed E-state index contributed by atoms with van der Waals surface area (Å²) in [6, 6.07) is 6.78. The van der Waals surface area contributed by atoms with E-state index in [9.17, 15) is 39.3 Å². The van der Waals surface area contributed by atoms with Gasteiger partial charge in [-0.2, -0.15) is 0 Å². The molecule has 0 aromatic heterocycles. The molecule has 0 fully saturated rings. The average Bonchev–Trinajstić information content (AvgIpc) is 2.89. The van der Waals surface area contributed by atoms with Crippen LogP contribution in [0.1, 0.15) is 37.8 Å². The van der Waals surface area contributed by atoms with Gasteiger partial charge in [0, 0.05) is 6.42 Å². The number of hydrogen-bond acceptors (Lipinski definition) is 8. The van der Waals surface area contributed by atoms with Gasteiger partial charge in [-0.3, -0.25) is 19.2 Å². The van der Waals surface area contributed by atoms with Gasteiger partial charge in [-0.05, 0) is 54.2 Å². The van der Waals surface area contributed by atoms with Crippen molar-refractivity contribution in [3.05, 3.63) is 59.7 Å². The van der Waals surface area contributed by atoms with E-state index in [-0.39, 0.29) is 36.7 Å². The standard InChI is InChI=1S/C28H37N5O8/c1-15(2)11-21(31-25(37)20(29)12-16-3-7-18(34)8-4-16)26(38)32-22(14-24(30)36)27(39)33-23(28(40)41)13-17-5-9-19(35)10-6-17/h3-10,15,20-23,34-35H,11-14,29H2,1-2H3,(H2,30,36)(H,31,37)(H,32,38)(H,33,39)(H,40,41). The molecule has 0 spiro atoms. The Hall–Kier alpha value is -4.65. The first-order chi connectivity index (χ1) is 19.2. The van der Waals surface area contributed by atoms with Gasteiger partial charge in [0.05, 0.1) is 12.5 Å². The second-order valence-electron chi connectivity index (χ2n) is 10.2. The lowest BCUT2D eigenvalue weighted by molar-refractivity contribution is -0.142. The highest BCUT2D eigenvalue weighted by atomic mass is 16.4. The van der Waals surface area contributed by atoms with Gasteiger partial charge >= 0.3 is 5.97 Å². The topological polar surface area (TPSA) is 234 Å². The summed E-state index contributed by atoms with van der Waals surface area (Å²) in [4.78, 5) is 62.6. The summed E-state index contributed by atoms with van der Waals surface area (Å²) in [6.45, 7) is 3.63. The second kappa shape index (κ2) is 15.2. The van der Waals surface area contributed by atoms with Gasteiger partial charge in [0.2, 0.25) is 23.6 Å². The number of carboxylic acids is 1. The molecule has 0 radical (unpaired) electrons. The zero-order chi connectivity index (χ0) is 30.7. The maximum Gasteiger partial charge on any atom is 0.326 e. The fourth-order valence-corrected chi connectivity index (χ4v) is 3.98. The van der Waals surface area contributed by atoms with Crippen molar-refractivity contribution in [2.75, 3.05) is 0 Å². The van der Waals surface area contributed by atoms with Crippen LogP contribution in [0.25, 0.3) is 0 Å². The predicted octanol–water partition coefficient (Wildman–Crippen LogP) is -0.329. The van der Waals surface area contributed by atoms with Gasteiger partial charge in [0.1, 0.15) is 29.6 Å². The lowest BCUT2D eigenvalue weighted by atomic mass is 10.0. The maximum absolute atomic E-state index is 13.2. The van der Waals surface area contributed by atoms with E-state index in [4.69, 9.17) is 11.5 Å². The molecule has 0 aliphatic rings. The molecule has 2 aromatic rings. The van der Waals surface area contributed by atoms with E-state index in [1.807, 2.05) is 13.8 Å². The minimum atomic E-state index is -1.51. The number of hydrogen-bond donors (Lipinski definition) is 8. The Morgan fingerprint density at radius 3 is 1.61 bits per heavy atom. The van der Waals surface area contributed by atoms with Crippen LogP contribution in [-0.4, -0.2) is 69.1 Å². The minimum Gasteiger partial charge on any atom is -0.508 e. The van der Waals surface area contributed by atoms with Gasteiger partial charge in [-0.1, -0.05) is 38.1 Å². The van der Waals surface area contributed by atoms with Crippen LogP contribution in [0.4, 0.5) is 0 Å². The quantitative estimate of drug-likeness (QED) is 0.140. The van der Waals surface area contributed by atoms with Crippen molar-refractivity contribution >= 4 is 29.6 Å². The molecule has 13 nitrogen and oxygen atoms in total. The molecule has 41 heavy (non-hydrogen) atoms. The highest BCUT2D eigenvalue weighted by molar-refractivity contribution is 5.96. The predicted molar refractivity (Wildman–Crippen MR) is 148 cm³/mol. The van der Waals surface area contributed by atoms with Gasteiger partial charge in [-0.15, -0.1) is 0 Å². The summed E-state index contributed by atoms with van der Waals surface area (Å²) in [5.41, 5.74) is 12.5. The van der Waals surface area contributed by atoms with E-state index in [1.54, 1.807) is 12.1 Å². The van der Waals surface area contributed by atoms with Crippen molar-refractivity contribution < 1.29 is 39.3 Å². The number of carbonyl (C=O) groups excluding carboxylic acids is 4. The van der Waals surface area contributed by atoms with E-state index in [0.29, 0.717) is 11.1 Å². The highest BCUT2D eigenvalue weighted by Crippen LogP contribution is 2.13. The molecule has 4 atom stereocenters. The average molecular weight is 572 g/mol. The third-order valence-electron chi connectivity index (χ3n) is 6.10. The fraction of sp³-hybridized carbons (Fsp3) is 0.393. The van der Waals surface area contributed by atoms with Crippen LogP contribution >= 0.6 is 0 Å². The monoisotopic (exact) mass is 571 g/mol. The van der Waals surface area contributed by atoms with Crippen molar-refractivity contribution in [2.45, 2.75) is 63.7 Å². The van der Waals surface area contributed by atoms with E-state index in [2.05, 4.69) is 16.0 Å². The van der Waals surface area contributed by atoms with Crippen LogP contribution in [-0.2, 0) is 36.8 Å². The molecule has 0 bridgehead atoms. The molecule has 4 amide bonds. The molecule has 0 aliphatic carbocycles. The first-order valence-corrected chi connectivity index (χ1v) is 13.0. The number of carboxylic acid groups (broad SMARTS) is 1. The van der Waals surface area contributed by atoms with Gasteiger partial charge < -0.3 is 42.7 Å². The van der Waals surface area contributed by atoms with Crippen molar-refractivity contribution in [1.29, 1.82) is 0 Å². The Morgan fingerprint density at radius 2 is 1.15 bits per heavy atom. The number of nitrogens with one attached hydrogen (secondary N) is 3. The molecule has 13 heteroatoms. The number of phenols is 2. The normalized spacial score (nSPS) is 13.9. The van der Waals surface area contributed by atoms with Crippen molar-refractivity contribution in [1.82, 2.24) is 16.0 Å². The van der Waals surface area contributed by atoms with E-state index < -0.39 is 60.2 Å². The molecular weight excluding hydrogens is 534 g/mol. The number of benzene rings is 2. The summed E-state index contributed by atoms with van der Waals surface area (Å²) in [5, 5.41) is 35.8. The summed E-state index contributed by atoms with van der Waals surface area (Å²) < 4.78 is 0. The Kier molecular flexibility index (Phi) is 12.1. The van der Waals surface area contributed by atoms with Gasteiger partial charge in [0.15, 0.2) is 0 Å². The summed E-state index contributed by atoms with van der Waals surface area (Å²) in [5.74, 6) is -4.67. The second-order valence-corrected chi connectivity index (χ2v) is 10.2. The Labute approximate surface area is 237 Å². The number of primary amides is 1. The first kappa shape index (κ1) is 32.6. The van der Waals surface area contributed by atoms with Crippen LogP contribution in [0.2, 0.25) is 0 Å². The number of rotatable bonds is 15. The molecule has 0 heterocycles. The Morgan fingerprint density at radius 1 is 0.707 bits per heavy atom. The SMILES string of the molecule is CC(C)CC(NC(=O)C(N)Cc1ccc(O)cc1)C(=O)NC(CC(N)=O)C(=O)NC(Cc1ccc(O)cc1)C(=O)O. The number of aliphatic carboxylic acids is 1. The van der Waals surface area contributed by atoms with Crippen molar-refractivity contribution in [3.63, 3.8) is 0 Å². The number of carbonyl (C=O) groups is 5. The molecule has 0 saturated carbocycles. The molecular formula is C28H37N5O8. The molecule has 0 saturated heterocycles. The van der Waals surface area contributed by atoms with Crippen LogP contribution in [0.3, 0.4) is 0 Å². The largest absolute Gasteiger partial charge is 0.508 e. The lowest BCUT2D eigenvalue weighted by Crippen LogP contribution is -2.58. The van der Waals surface area contributed by atoms with E-state index in [1.165, 1.54) is 36.4 Å². The molecule has 2 aromatic carbocycles. The van der Waals surface area contributed by atoms with Crippen LogP contribution < -0.4 is 27.4 Å². The molecule has 222 valence electrons. The summed E-state index contributed by atoms with van der Waals surface area (Å²) >= 11 is 0. The molecule has 4 unspecified atom stereocenters. The molecule has 10 N–H and O–H groups in total. The summed E-state index contributed by atoms with van der Waals surface area (Å²) in [7, 11) is 0. The third-order valence-corrected chi connectivity index (χ3v) is 6.10. The number of amides is 4. The zero-order valence-corrected chi connectivity index (χ0v) is 22.9. The van der Waals surface area contributed by atoms with Gasteiger partial charge in [0.25, 0.3) is 0 Å². The van der Waals surface area contributed by atoms with Crippen LogP contribution in [0.5, 0.6) is 11.5 Å². The number of phenolic OH excluding ortho intramolecular Hbond substituents is 2. The Bertz CT molecular complexity index is 1220. The van der Waals surface area contributed by atoms with Crippen molar-refractivity contribution in [3.8, 4) is 11.5 Å². The summed E-state index contributed by atoms with van der Waals surface area (Å²) in [6.07, 6.45) is -0.450. The smallest absolute Gasteiger partial charge is 0.326 e. The minimum absolute atomic E-state index is 0.0155. The van der Waals surface area contributed by atoms with Crippen LogP contribution in [0, 0.1) is 5.92 Å². The number of nitrogens with two attached hydrogens (primary N) is 2. The van der Waals surface area contributed by atoms with E-state index >= 15 is 0 Å². The fourth-order valence-electron chi connectivity index (χ4n) is 3.98. The highest BCUT2D eigenvalue weighted by Gasteiger charge is 2.31. The molecule has 2 rings (SSSR count). The third kappa shape index (κ3) is 11.2. The van der Waals surface area contributed by atoms with Crippen molar-refractivity contribution in [2.24, 2.45) is 17.4 Å². The van der Waals surface area contributed by atoms with E-state index in [0.717, 1.165) is 0 Å². The van der Waals surface area contributed by atoms with Crippen LogP contribution in [0.15, 0.2) is 48.5 Å². The molecule has 0 aliphatic heterocycles. The lowest BCUT2D eigenvalue weighted by Gasteiger charge is -2.25. The number of aromatic hydroxyl groups is 2.